The van der Waals surface area contributed by atoms with Gasteiger partial charge < -0.3 is 28.4 Å². The van der Waals surface area contributed by atoms with Crippen molar-refractivity contribution in [2.24, 2.45) is 0 Å². The lowest BCUT2D eigenvalue weighted by molar-refractivity contribution is -0.384. The molecular weight excluding hydrogens is 432 g/mol. The number of carbonyl (C=O) groups is 2. The SMILES string of the molecule is CC1OC(c2nc(-c3coc(-c4cccc(C=O)n4)n3)oc2CCNC(=O)OC(C)(C)C)O1. The molecule has 0 aliphatic carbocycles. The molecule has 1 aliphatic heterocycles. The Balaban J connectivity index is 1.51. The molecule has 1 N–H and O–H groups in total. The molecule has 11 heteroatoms. The Hall–Kier alpha value is -3.57. The zero-order valence-corrected chi connectivity index (χ0v) is 18.7. The first-order valence-corrected chi connectivity index (χ1v) is 10.4. The summed E-state index contributed by atoms with van der Waals surface area (Å²) in [4.78, 5) is 35.9. The van der Waals surface area contributed by atoms with Crippen LogP contribution in [0, 0.1) is 0 Å². The average molecular weight is 456 g/mol. The molecule has 0 unspecified atom stereocenters. The van der Waals surface area contributed by atoms with Crippen LogP contribution in [0.2, 0.25) is 0 Å². The molecule has 1 amide bonds. The van der Waals surface area contributed by atoms with Gasteiger partial charge in [-0.1, -0.05) is 6.07 Å². The molecule has 1 aliphatic rings. The number of nitrogens with one attached hydrogen (secondary N) is 1. The van der Waals surface area contributed by atoms with E-state index < -0.39 is 18.0 Å². The van der Waals surface area contributed by atoms with Gasteiger partial charge in [0.15, 0.2) is 18.3 Å². The third kappa shape index (κ3) is 5.44. The minimum absolute atomic E-state index is 0.200. The number of carbonyl (C=O) groups excluding carboxylic acids is 2. The molecule has 3 aromatic heterocycles. The van der Waals surface area contributed by atoms with Gasteiger partial charge in [-0.2, -0.15) is 0 Å². The van der Waals surface area contributed by atoms with Crippen LogP contribution in [-0.4, -0.2) is 45.8 Å². The summed E-state index contributed by atoms with van der Waals surface area (Å²) in [5.74, 6) is 0.889. The number of nitrogens with zero attached hydrogens (tertiary/aromatic N) is 3. The standard InChI is InChI=1S/C22H24N4O7/c1-12-30-20(31-12)17-16(8-9-23-21(28)33-22(2,3)4)32-19(26-17)15-11-29-18(25-15)14-7-5-6-13(10-27)24-14/h5-7,10-12,20H,8-9H2,1-4H3,(H,23,28). The summed E-state index contributed by atoms with van der Waals surface area (Å²) < 4.78 is 27.8. The number of aromatic nitrogens is 3. The molecule has 3 aromatic rings. The lowest BCUT2D eigenvalue weighted by Crippen LogP contribution is -2.34. The van der Waals surface area contributed by atoms with E-state index in [2.05, 4.69) is 20.3 Å². The van der Waals surface area contributed by atoms with E-state index in [0.717, 1.165) is 0 Å². The van der Waals surface area contributed by atoms with Gasteiger partial charge in [0.1, 0.15) is 34.7 Å². The van der Waals surface area contributed by atoms with Gasteiger partial charge in [-0.05, 0) is 39.8 Å². The van der Waals surface area contributed by atoms with Gasteiger partial charge >= 0.3 is 6.09 Å². The van der Waals surface area contributed by atoms with Gasteiger partial charge in [-0.25, -0.2) is 19.7 Å². The highest BCUT2D eigenvalue weighted by molar-refractivity contribution is 5.73. The predicted octanol–water partition coefficient (Wildman–Crippen LogP) is 3.66. The highest BCUT2D eigenvalue weighted by Gasteiger charge is 2.35. The largest absolute Gasteiger partial charge is 0.444 e. The Morgan fingerprint density at radius 1 is 1.15 bits per heavy atom. The molecule has 0 atom stereocenters. The molecule has 4 rings (SSSR count). The van der Waals surface area contributed by atoms with Crippen molar-refractivity contribution in [3.63, 3.8) is 0 Å². The van der Waals surface area contributed by atoms with Crippen LogP contribution in [0.1, 0.15) is 55.9 Å². The second-order valence-corrected chi connectivity index (χ2v) is 8.28. The van der Waals surface area contributed by atoms with E-state index in [1.807, 2.05) is 0 Å². The Bertz CT molecular complexity index is 1140. The Morgan fingerprint density at radius 2 is 1.94 bits per heavy atom. The van der Waals surface area contributed by atoms with E-state index in [4.69, 9.17) is 23.0 Å². The monoisotopic (exact) mass is 456 g/mol. The number of ether oxygens (including phenoxy) is 3. The highest BCUT2D eigenvalue weighted by atomic mass is 16.9. The fourth-order valence-electron chi connectivity index (χ4n) is 3.04. The zero-order valence-electron chi connectivity index (χ0n) is 18.7. The summed E-state index contributed by atoms with van der Waals surface area (Å²) in [6.45, 7) is 7.39. The number of aldehydes is 1. The second-order valence-electron chi connectivity index (χ2n) is 8.28. The number of oxazole rings is 2. The summed E-state index contributed by atoms with van der Waals surface area (Å²) in [5.41, 5.74) is 0.865. The zero-order chi connectivity index (χ0) is 23.6. The highest BCUT2D eigenvalue weighted by Crippen LogP contribution is 2.35. The van der Waals surface area contributed by atoms with E-state index in [1.54, 1.807) is 45.9 Å². The molecule has 174 valence electrons. The first-order valence-electron chi connectivity index (χ1n) is 10.4. The third-order valence-electron chi connectivity index (χ3n) is 4.44. The van der Waals surface area contributed by atoms with Crippen molar-refractivity contribution in [1.29, 1.82) is 0 Å². The summed E-state index contributed by atoms with van der Waals surface area (Å²) >= 11 is 0. The number of hydrogen-bond acceptors (Lipinski definition) is 10. The van der Waals surface area contributed by atoms with Gasteiger partial charge in [-0.3, -0.25) is 4.79 Å². The summed E-state index contributed by atoms with van der Waals surface area (Å²) in [6, 6.07) is 4.94. The van der Waals surface area contributed by atoms with Gasteiger partial charge in [0.05, 0.1) is 0 Å². The number of hydrogen-bond donors (Lipinski definition) is 1. The van der Waals surface area contributed by atoms with Crippen LogP contribution in [0.5, 0.6) is 0 Å². The van der Waals surface area contributed by atoms with E-state index in [9.17, 15) is 9.59 Å². The molecule has 0 aromatic carbocycles. The average Bonchev–Trinajstić information content (AvgIpc) is 3.37. The number of rotatable bonds is 7. The van der Waals surface area contributed by atoms with Crippen LogP contribution in [0.25, 0.3) is 23.2 Å². The summed E-state index contributed by atoms with van der Waals surface area (Å²) in [5, 5.41) is 2.68. The lowest BCUT2D eigenvalue weighted by Gasteiger charge is -2.32. The predicted molar refractivity (Wildman–Crippen MR) is 113 cm³/mol. The number of pyridine rings is 1. The van der Waals surface area contributed by atoms with E-state index in [1.165, 1.54) is 6.26 Å². The van der Waals surface area contributed by atoms with Gasteiger partial charge in [0, 0.05) is 13.0 Å². The Labute approximate surface area is 189 Å². The van der Waals surface area contributed by atoms with E-state index in [-0.39, 0.29) is 30.3 Å². The fourth-order valence-corrected chi connectivity index (χ4v) is 3.04. The van der Waals surface area contributed by atoms with Gasteiger partial charge in [0.2, 0.25) is 18.1 Å². The molecule has 0 spiro atoms. The molecular formula is C22H24N4O7. The first-order chi connectivity index (χ1) is 15.7. The van der Waals surface area contributed by atoms with Gasteiger partial charge in [-0.15, -0.1) is 0 Å². The molecule has 0 saturated carbocycles. The summed E-state index contributed by atoms with van der Waals surface area (Å²) in [7, 11) is 0. The smallest absolute Gasteiger partial charge is 0.407 e. The number of alkyl carbamates (subject to hydrolysis) is 1. The van der Waals surface area contributed by atoms with Crippen molar-refractivity contribution in [2.45, 2.75) is 52.3 Å². The van der Waals surface area contributed by atoms with Crippen LogP contribution in [-0.2, 0) is 20.6 Å². The molecule has 0 radical (unpaired) electrons. The van der Waals surface area contributed by atoms with Crippen molar-refractivity contribution in [3.05, 3.63) is 41.6 Å². The molecule has 1 fully saturated rings. The number of amides is 1. The minimum atomic E-state index is -0.675. The molecule has 0 bridgehead atoms. The lowest BCUT2D eigenvalue weighted by atomic mass is 10.2. The van der Waals surface area contributed by atoms with Crippen LogP contribution >= 0.6 is 0 Å². The normalized spacial score (nSPS) is 17.9. The topological polar surface area (TPSA) is 139 Å². The fraction of sp³-hybridized carbons (Fsp3) is 0.409. The van der Waals surface area contributed by atoms with Crippen molar-refractivity contribution >= 4 is 12.4 Å². The van der Waals surface area contributed by atoms with Crippen LogP contribution in [0.4, 0.5) is 4.79 Å². The Kier molecular flexibility index (Phi) is 6.25. The third-order valence-corrected chi connectivity index (χ3v) is 4.44. The molecule has 33 heavy (non-hydrogen) atoms. The van der Waals surface area contributed by atoms with Crippen LogP contribution in [0.15, 0.2) is 33.3 Å². The van der Waals surface area contributed by atoms with Crippen LogP contribution < -0.4 is 5.32 Å². The Morgan fingerprint density at radius 3 is 2.64 bits per heavy atom. The van der Waals surface area contributed by atoms with Crippen LogP contribution in [0.3, 0.4) is 0 Å². The maximum absolute atomic E-state index is 11.9. The van der Waals surface area contributed by atoms with Crippen molar-refractivity contribution in [2.75, 3.05) is 6.54 Å². The van der Waals surface area contributed by atoms with Gasteiger partial charge in [0.25, 0.3) is 0 Å². The van der Waals surface area contributed by atoms with Crippen molar-refractivity contribution in [1.82, 2.24) is 20.3 Å². The maximum atomic E-state index is 11.9. The van der Waals surface area contributed by atoms with E-state index >= 15 is 0 Å². The molecule has 11 nitrogen and oxygen atoms in total. The quantitative estimate of drug-likeness (QED) is 0.524. The van der Waals surface area contributed by atoms with Crippen molar-refractivity contribution < 1.29 is 32.6 Å². The summed E-state index contributed by atoms with van der Waals surface area (Å²) in [6.07, 6.45) is 0.801. The minimum Gasteiger partial charge on any atom is -0.444 e. The first kappa shape index (κ1) is 22.6. The molecule has 1 saturated heterocycles. The molecule has 4 heterocycles. The van der Waals surface area contributed by atoms with E-state index in [0.29, 0.717) is 35.5 Å². The second kappa shape index (κ2) is 9.12. The van der Waals surface area contributed by atoms with Crippen molar-refractivity contribution in [3.8, 4) is 23.2 Å². The maximum Gasteiger partial charge on any atom is 0.407 e.